The van der Waals surface area contributed by atoms with Crippen molar-refractivity contribution in [3.05, 3.63) is 50.3 Å². The second-order valence-electron chi connectivity index (χ2n) is 5.59. The molecule has 0 aliphatic carbocycles. The molecule has 0 aliphatic rings. The van der Waals surface area contributed by atoms with Gasteiger partial charge in [0.2, 0.25) is 0 Å². The quantitative estimate of drug-likeness (QED) is 0.636. The van der Waals surface area contributed by atoms with E-state index in [1.54, 1.807) is 15.9 Å². The van der Waals surface area contributed by atoms with Crippen LogP contribution in [0.3, 0.4) is 0 Å². The van der Waals surface area contributed by atoms with Crippen molar-refractivity contribution in [2.75, 3.05) is 0 Å². The first-order chi connectivity index (χ1) is 11.6. The third-order valence-electron chi connectivity index (χ3n) is 3.92. The molecule has 24 heavy (non-hydrogen) atoms. The summed E-state index contributed by atoms with van der Waals surface area (Å²) in [4.78, 5) is 19.7. The van der Waals surface area contributed by atoms with Crippen LogP contribution in [-0.2, 0) is 13.0 Å². The van der Waals surface area contributed by atoms with Crippen molar-refractivity contribution in [2.45, 2.75) is 33.2 Å². The van der Waals surface area contributed by atoms with Crippen molar-refractivity contribution < 1.29 is 0 Å². The fourth-order valence-electron chi connectivity index (χ4n) is 2.87. The minimum absolute atomic E-state index is 0.0595. The van der Waals surface area contributed by atoms with Gasteiger partial charge in [0.25, 0.3) is 5.56 Å². The molecule has 3 rings (SSSR count). The first-order valence-electron chi connectivity index (χ1n) is 7.79. The SMILES string of the molecule is C#CCn1c(CCC)nc2sc(C)c(-c3ccc(Cl)cc3)c2c1=O. The van der Waals surface area contributed by atoms with Gasteiger partial charge in [-0.05, 0) is 31.0 Å². The summed E-state index contributed by atoms with van der Waals surface area (Å²) in [7, 11) is 0. The van der Waals surface area contributed by atoms with Gasteiger partial charge in [-0.1, -0.05) is 36.6 Å². The van der Waals surface area contributed by atoms with Crippen molar-refractivity contribution in [1.82, 2.24) is 9.55 Å². The van der Waals surface area contributed by atoms with Gasteiger partial charge >= 0.3 is 0 Å². The summed E-state index contributed by atoms with van der Waals surface area (Å²) in [6, 6.07) is 7.53. The number of aryl methyl sites for hydroxylation is 2. The number of fused-ring (bicyclic) bond motifs is 1. The first-order valence-corrected chi connectivity index (χ1v) is 8.98. The molecule has 3 aromatic rings. The molecule has 0 saturated carbocycles. The van der Waals surface area contributed by atoms with E-state index in [1.165, 1.54) is 0 Å². The summed E-state index contributed by atoms with van der Waals surface area (Å²) in [6.07, 6.45) is 7.11. The highest BCUT2D eigenvalue weighted by molar-refractivity contribution is 7.19. The Morgan fingerprint density at radius 3 is 2.67 bits per heavy atom. The largest absolute Gasteiger partial charge is 0.284 e. The molecule has 0 fully saturated rings. The molecule has 5 heteroatoms. The van der Waals surface area contributed by atoms with Crippen molar-refractivity contribution >= 4 is 33.2 Å². The molecule has 3 nitrogen and oxygen atoms in total. The zero-order chi connectivity index (χ0) is 17.3. The lowest BCUT2D eigenvalue weighted by atomic mass is 10.0. The van der Waals surface area contributed by atoms with Gasteiger partial charge in [0, 0.05) is 21.9 Å². The van der Waals surface area contributed by atoms with Crippen molar-refractivity contribution in [3.8, 4) is 23.5 Å². The number of rotatable bonds is 4. The van der Waals surface area contributed by atoms with E-state index >= 15 is 0 Å². The Labute approximate surface area is 149 Å². The fourth-order valence-corrected chi connectivity index (χ4v) is 4.05. The van der Waals surface area contributed by atoms with Crippen LogP contribution in [0.4, 0.5) is 0 Å². The first kappa shape index (κ1) is 16.8. The topological polar surface area (TPSA) is 34.9 Å². The summed E-state index contributed by atoms with van der Waals surface area (Å²) < 4.78 is 1.62. The van der Waals surface area contributed by atoms with Crippen LogP contribution < -0.4 is 5.56 Å². The van der Waals surface area contributed by atoms with E-state index in [4.69, 9.17) is 23.0 Å². The highest BCUT2D eigenvalue weighted by Gasteiger charge is 2.19. The molecular weight excluding hydrogens is 340 g/mol. The molecule has 122 valence electrons. The molecule has 2 heterocycles. The van der Waals surface area contributed by atoms with E-state index in [-0.39, 0.29) is 12.1 Å². The van der Waals surface area contributed by atoms with Crippen LogP contribution in [0.2, 0.25) is 5.02 Å². The number of hydrogen-bond donors (Lipinski definition) is 0. The number of aromatic nitrogens is 2. The number of benzene rings is 1. The molecule has 0 unspecified atom stereocenters. The smallest absolute Gasteiger partial charge is 0.263 e. The maximum atomic E-state index is 13.1. The van der Waals surface area contributed by atoms with Crippen LogP contribution in [-0.4, -0.2) is 9.55 Å². The third-order valence-corrected chi connectivity index (χ3v) is 5.17. The van der Waals surface area contributed by atoms with Crippen molar-refractivity contribution in [1.29, 1.82) is 0 Å². The van der Waals surface area contributed by atoms with Crippen LogP contribution in [0.5, 0.6) is 0 Å². The zero-order valence-electron chi connectivity index (χ0n) is 13.6. The van der Waals surface area contributed by atoms with Crippen LogP contribution >= 0.6 is 22.9 Å². The average Bonchev–Trinajstić information content (AvgIpc) is 2.88. The zero-order valence-corrected chi connectivity index (χ0v) is 15.2. The Morgan fingerprint density at radius 2 is 2.04 bits per heavy atom. The average molecular weight is 357 g/mol. The maximum absolute atomic E-state index is 13.1. The molecule has 0 amide bonds. The molecule has 0 saturated heterocycles. The van der Waals surface area contributed by atoms with E-state index in [0.717, 1.165) is 39.5 Å². The molecule has 2 aromatic heterocycles. The Bertz CT molecular complexity index is 993. The maximum Gasteiger partial charge on any atom is 0.263 e. The second kappa shape index (κ2) is 6.80. The summed E-state index contributed by atoms with van der Waals surface area (Å²) in [6.45, 7) is 4.32. The van der Waals surface area contributed by atoms with E-state index in [2.05, 4.69) is 12.8 Å². The van der Waals surface area contributed by atoms with Gasteiger partial charge in [0.15, 0.2) is 0 Å². The fraction of sp³-hybridized carbons (Fsp3) is 0.263. The van der Waals surface area contributed by atoms with Gasteiger partial charge in [-0.3, -0.25) is 9.36 Å². The molecule has 0 atom stereocenters. The highest BCUT2D eigenvalue weighted by Crippen LogP contribution is 2.36. The Balaban J connectivity index is 2.34. The second-order valence-corrected chi connectivity index (χ2v) is 7.23. The summed E-state index contributed by atoms with van der Waals surface area (Å²) in [5.74, 6) is 3.33. The number of thiophene rings is 1. The van der Waals surface area contributed by atoms with Crippen LogP contribution in [0.25, 0.3) is 21.3 Å². The monoisotopic (exact) mass is 356 g/mol. The van der Waals surface area contributed by atoms with Crippen LogP contribution in [0.1, 0.15) is 24.0 Å². The van der Waals surface area contributed by atoms with Gasteiger partial charge in [-0.15, -0.1) is 17.8 Å². The molecular formula is C19H17ClN2OS. The molecule has 0 radical (unpaired) electrons. The van der Waals surface area contributed by atoms with Crippen molar-refractivity contribution in [3.63, 3.8) is 0 Å². The van der Waals surface area contributed by atoms with Crippen LogP contribution in [0, 0.1) is 19.3 Å². The third kappa shape index (κ3) is 2.86. The van der Waals surface area contributed by atoms with Gasteiger partial charge in [0.1, 0.15) is 10.7 Å². The number of hydrogen-bond acceptors (Lipinski definition) is 3. The predicted molar refractivity (Wildman–Crippen MR) is 102 cm³/mol. The molecule has 0 aliphatic heterocycles. The van der Waals surface area contributed by atoms with Gasteiger partial charge in [-0.25, -0.2) is 4.98 Å². The molecule has 0 spiro atoms. The van der Waals surface area contributed by atoms with E-state index in [9.17, 15) is 4.79 Å². The summed E-state index contributed by atoms with van der Waals surface area (Å²) >= 11 is 7.54. The normalized spacial score (nSPS) is 10.9. The predicted octanol–water partition coefficient (Wildman–Crippen LogP) is 4.67. The minimum atomic E-state index is -0.0595. The lowest BCUT2D eigenvalue weighted by Crippen LogP contribution is -2.24. The Hall–Kier alpha value is -2.09. The molecule has 0 N–H and O–H groups in total. The van der Waals surface area contributed by atoms with E-state index in [1.807, 2.05) is 31.2 Å². The standard InChI is InChI=1S/C19H17ClN2OS/c1-4-6-15-21-18-17(19(23)22(15)11-5-2)16(12(3)24-18)13-7-9-14(20)10-8-13/h2,7-10H,4,6,11H2,1,3H3. The lowest BCUT2D eigenvalue weighted by molar-refractivity contribution is 0.686. The van der Waals surface area contributed by atoms with E-state index < -0.39 is 0 Å². The summed E-state index contributed by atoms with van der Waals surface area (Å²) in [5.41, 5.74) is 1.84. The lowest BCUT2D eigenvalue weighted by Gasteiger charge is -2.10. The number of halogens is 1. The Morgan fingerprint density at radius 1 is 1.33 bits per heavy atom. The number of nitrogens with zero attached hydrogens (tertiary/aromatic N) is 2. The van der Waals surface area contributed by atoms with E-state index in [0.29, 0.717) is 10.4 Å². The molecule has 1 aromatic carbocycles. The van der Waals surface area contributed by atoms with Gasteiger partial charge in [0.05, 0.1) is 11.9 Å². The highest BCUT2D eigenvalue weighted by atomic mass is 35.5. The van der Waals surface area contributed by atoms with Gasteiger partial charge in [-0.2, -0.15) is 0 Å². The van der Waals surface area contributed by atoms with Crippen molar-refractivity contribution in [2.24, 2.45) is 0 Å². The minimum Gasteiger partial charge on any atom is -0.284 e. The Kier molecular flexibility index (Phi) is 4.75. The van der Waals surface area contributed by atoms with Crippen LogP contribution in [0.15, 0.2) is 29.1 Å². The number of terminal acetylenes is 1. The van der Waals surface area contributed by atoms with Gasteiger partial charge < -0.3 is 0 Å². The molecule has 0 bridgehead atoms. The summed E-state index contributed by atoms with van der Waals surface area (Å²) in [5, 5.41) is 1.32.